The standard InChI is InChI=1S/C15H10F2N2O/c16-11-5-10(6-12(17)8-11)7-15(20)13-9-18-19-4-2-1-3-14(13)19/h1-6,8-9H,7H2. The molecule has 3 aromatic rings. The number of carbonyl (C=O) groups is 1. The summed E-state index contributed by atoms with van der Waals surface area (Å²) in [7, 11) is 0. The SMILES string of the molecule is O=C(Cc1cc(F)cc(F)c1)c1cnn2ccccc12. The van der Waals surface area contributed by atoms with Crippen LogP contribution in [0.3, 0.4) is 0 Å². The maximum Gasteiger partial charge on any atom is 0.171 e. The first kappa shape index (κ1) is 12.5. The Labute approximate surface area is 113 Å². The number of benzene rings is 1. The van der Waals surface area contributed by atoms with E-state index in [2.05, 4.69) is 5.10 Å². The molecule has 0 unspecified atom stereocenters. The van der Waals surface area contributed by atoms with Gasteiger partial charge in [-0.15, -0.1) is 0 Å². The first-order valence-corrected chi connectivity index (χ1v) is 6.04. The Hall–Kier alpha value is -2.56. The Morgan fingerprint density at radius 3 is 2.65 bits per heavy atom. The number of carbonyl (C=O) groups excluding carboxylic acids is 1. The third-order valence-corrected chi connectivity index (χ3v) is 3.01. The third kappa shape index (κ3) is 2.30. The normalized spacial score (nSPS) is 10.9. The molecule has 0 bridgehead atoms. The molecule has 1 aromatic carbocycles. The van der Waals surface area contributed by atoms with Crippen LogP contribution in [-0.4, -0.2) is 15.4 Å². The predicted octanol–water partition coefficient (Wildman–Crippen LogP) is 3.04. The summed E-state index contributed by atoms with van der Waals surface area (Å²) in [6.07, 6.45) is 3.13. The number of nitrogens with zero attached hydrogens (tertiary/aromatic N) is 2. The number of pyridine rings is 1. The summed E-state index contributed by atoms with van der Waals surface area (Å²) >= 11 is 0. The molecule has 0 spiro atoms. The summed E-state index contributed by atoms with van der Waals surface area (Å²) in [5.41, 5.74) is 1.42. The van der Waals surface area contributed by atoms with Crippen molar-refractivity contribution in [2.45, 2.75) is 6.42 Å². The van der Waals surface area contributed by atoms with E-state index in [1.807, 2.05) is 0 Å². The maximum atomic E-state index is 13.1. The third-order valence-electron chi connectivity index (χ3n) is 3.01. The van der Waals surface area contributed by atoms with Crippen LogP contribution in [0.1, 0.15) is 15.9 Å². The smallest absolute Gasteiger partial charge is 0.171 e. The average Bonchev–Trinajstić information content (AvgIpc) is 2.81. The number of aromatic nitrogens is 2. The van der Waals surface area contributed by atoms with E-state index >= 15 is 0 Å². The molecule has 0 N–H and O–H groups in total. The van der Waals surface area contributed by atoms with Crippen molar-refractivity contribution in [1.29, 1.82) is 0 Å². The molecule has 0 aliphatic carbocycles. The Morgan fingerprint density at radius 2 is 1.90 bits per heavy atom. The molecule has 3 nitrogen and oxygen atoms in total. The van der Waals surface area contributed by atoms with Gasteiger partial charge in [-0.05, 0) is 29.8 Å². The van der Waals surface area contributed by atoms with Crippen molar-refractivity contribution in [2.75, 3.05) is 0 Å². The molecule has 5 heteroatoms. The van der Waals surface area contributed by atoms with E-state index in [1.165, 1.54) is 6.20 Å². The van der Waals surface area contributed by atoms with E-state index in [1.54, 1.807) is 28.9 Å². The summed E-state index contributed by atoms with van der Waals surface area (Å²) in [4.78, 5) is 12.2. The van der Waals surface area contributed by atoms with Crippen molar-refractivity contribution in [2.24, 2.45) is 0 Å². The van der Waals surface area contributed by atoms with Gasteiger partial charge in [0.2, 0.25) is 0 Å². The van der Waals surface area contributed by atoms with Gasteiger partial charge < -0.3 is 0 Å². The van der Waals surface area contributed by atoms with Crippen LogP contribution < -0.4 is 0 Å². The number of ketones is 1. The second kappa shape index (κ2) is 4.85. The van der Waals surface area contributed by atoms with Crippen LogP contribution >= 0.6 is 0 Å². The number of Topliss-reactive ketones (excluding diaryl/α,β-unsaturated/α-hetero) is 1. The Morgan fingerprint density at radius 1 is 1.15 bits per heavy atom. The highest BCUT2D eigenvalue weighted by molar-refractivity contribution is 6.03. The van der Waals surface area contributed by atoms with E-state index in [9.17, 15) is 13.6 Å². The maximum absolute atomic E-state index is 13.1. The molecule has 2 heterocycles. The van der Waals surface area contributed by atoms with Gasteiger partial charge in [0, 0.05) is 18.7 Å². The number of rotatable bonds is 3. The van der Waals surface area contributed by atoms with Gasteiger partial charge in [0.25, 0.3) is 0 Å². The van der Waals surface area contributed by atoms with Crippen molar-refractivity contribution >= 4 is 11.3 Å². The molecule has 0 fully saturated rings. The van der Waals surface area contributed by atoms with Gasteiger partial charge in [0.05, 0.1) is 17.3 Å². The Balaban J connectivity index is 1.93. The fraction of sp³-hybridized carbons (Fsp3) is 0.0667. The monoisotopic (exact) mass is 272 g/mol. The van der Waals surface area contributed by atoms with Gasteiger partial charge in [-0.2, -0.15) is 5.10 Å². The molecular weight excluding hydrogens is 262 g/mol. The summed E-state index contributed by atoms with van der Waals surface area (Å²) in [5, 5.41) is 4.06. The zero-order valence-corrected chi connectivity index (χ0v) is 10.4. The molecule has 0 amide bonds. The van der Waals surface area contributed by atoms with E-state index in [-0.39, 0.29) is 12.2 Å². The lowest BCUT2D eigenvalue weighted by molar-refractivity contribution is 0.0994. The molecular formula is C15H10F2N2O. The molecule has 0 aliphatic rings. The highest BCUT2D eigenvalue weighted by atomic mass is 19.1. The molecule has 2 aromatic heterocycles. The zero-order chi connectivity index (χ0) is 14.1. The van der Waals surface area contributed by atoms with Crippen LogP contribution in [0.4, 0.5) is 8.78 Å². The van der Waals surface area contributed by atoms with Crippen molar-refractivity contribution in [3.63, 3.8) is 0 Å². The van der Waals surface area contributed by atoms with Crippen molar-refractivity contribution < 1.29 is 13.6 Å². The van der Waals surface area contributed by atoms with Gasteiger partial charge in [0.15, 0.2) is 5.78 Å². The number of hydrogen-bond donors (Lipinski definition) is 0. The molecule has 0 saturated heterocycles. The van der Waals surface area contributed by atoms with Gasteiger partial charge in [0.1, 0.15) is 11.6 Å². The van der Waals surface area contributed by atoms with Crippen molar-refractivity contribution in [3.05, 3.63) is 71.6 Å². The topological polar surface area (TPSA) is 34.4 Å². The van der Waals surface area contributed by atoms with Crippen LogP contribution in [0.15, 0.2) is 48.8 Å². The minimum atomic E-state index is -0.687. The van der Waals surface area contributed by atoms with Crippen LogP contribution in [0.2, 0.25) is 0 Å². The van der Waals surface area contributed by atoms with Crippen LogP contribution in [0.5, 0.6) is 0 Å². The summed E-state index contributed by atoms with van der Waals surface area (Å²) < 4.78 is 27.8. The first-order valence-electron chi connectivity index (χ1n) is 6.04. The van der Waals surface area contributed by atoms with E-state index in [0.29, 0.717) is 16.6 Å². The number of hydrogen-bond acceptors (Lipinski definition) is 2. The van der Waals surface area contributed by atoms with Crippen molar-refractivity contribution in [3.8, 4) is 0 Å². The largest absolute Gasteiger partial charge is 0.294 e. The van der Waals surface area contributed by atoms with Gasteiger partial charge in [-0.25, -0.2) is 13.3 Å². The summed E-state index contributed by atoms with van der Waals surface area (Å²) in [5.74, 6) is -1.60. The zero-order valence-electron chi connectivity index (χ0n) is 10.4. The minimum absolute atomic E-state index is 0.0646. The van der Waals surface area contributed by atoms with E-state index in [0.717, 1.165) is 18.2 Å². The lowest BCUT2D eigenvalue weighted by Crippen LogP contribution is -2.04. The molecule has 0 saturated carbocycles. The summed E-state index contributed by atoms with van der Waals surface area (Å²) in [6, 6.07) is 8.47. The second-order valence-corrected chi connectivity index (χ2v) is 4.47. The first-order chi connectivity index (χ1) is 9.63. The molecule has 3 rings (SSSR count). The molecule has 20 heavy (non-hydrogen) atoms. The average molecular weight is 272 g/mol. The summed E-state index contributed by atoms with van der Waals surface area (Å²) in [6.45, 7) is 0. The highest BCUT2D eigenvalue weighted by Gasteiger charge is 2.13. The highest BCUT2D eigenvalue weighted by Crippen LogP contribution is 2.15. The molecule has 0 radical (unpaired) electrons. The fourth-order valence-electron chi connectivity index (χ4n) is 2.14. The molecule has 0 atom stereocenters. The minimum Gasteiger partial charge on any atom is -0.294 e. The molecule has 0 aliphatic heterocycles. The van der Waals surface area contributed by atoms with E-state index < -0.39 is 11.6 Å². The van der Waals surface area contributed by atoms with Crippen LogP contribution in [0.25, 0.3) is 5.52 Å². The molecule has 100 valence electrons. The number of halogens is 2. The van der Waals surface area contributed by atoms with Gasteiger partial charge in [-0.1, -0.05) is 6.07 Å². The lowest BCUT2D eigenvalue weighted by Gasteiger charge is -2.01. The quantitative estimate of drug-likeness (QED) is 0.687. The Bertz CT molecular complexity index is 775. The lowest BCUT2D eigenvalue weighted by atomic mass is 10.0. The Kier molecular flexibility index (Phi) is 3.02. The predicted molar refractivity (Wildman–Crippen MR) is 69.6 cm³/mol. The van der Waals surface area contributed by atoms with Crippen molar-refractivity contribution in [1.82, 2.24) is 9.61 Å². The van der Waals surface area contributed by atoms with Crippen LogP contribution in [-0.2, 0) is 6.42 Å². The number of fused-ring (bicyclic) bond motifs is 1. The second-order valence-electron chi connectivity index (χ2n) is 4.47. The van der Waals surface area contributed by atoms with Crippen LogP contribution in [0, 0.1) is 11.6 Å². The van der Waals surface area contributed by atoms with Gasteiger partial charge in [-0.3, -0.25) is 4.79 Å². The van der Waals surface area contributed by atoms with Gasteiger partial charge >= 0.3 is 0 Å². The van der Waals surface area contributed by atoms with E-state index in [4.69, 9.17) is 0 Å². The fourth-order valence-corrected chi connectivity index (χ4v) is 2.14.